The van der Waals surface area contributed by atoms with Gasteiger partial charge in [-0.1, -0.05) is 0 Å². The van der Waals surface area contributed by atoms with Gasteiger partial charge in [-0.25, -0.2) is 0 Å². The fourth-order valence-corrected chi connectivity index (χ4v) is 0.591. The number of thiol groups is 1. The van der Waals surface area contributed by atoms with Crippen LogP contribution in [0.1, 0.15) is 0 Å². The van der Waals surface area contributed by atoms with Gasteiger partial charge in [0.15, 0.2) is 0 Å². The van der Waals surface area contributed by atoms with Crippen LogP contribution in [0, 0.1) is 0 Å². The zero-order valence-corrected chi connectivity index (χ0v) is 6.14. The average molecular weight is 150 g/mol. The third-order valence-corrected chi connectivity index (χ3v) is 1.21. The summed E-state index contributed by atoms with van der Waals surface area (Å²) < 4.78 is 9.26. The molecule has 0 rings (SSSR count). The van der Waals surface area contributed by atoms with Crippen molar-refractivity contribution in [1.82, 2.24) is 0 Å². The van der Waals surface area contributed by atoms with E-state index in [9.17, 15) is 4.79 Å². The Morgan fingerprint density at radius 3 is 2.78 bits per heavy atom. The Morgan fingerprint density at radius 1 is 1.78 bits per heavy atom. The van der Waals surface area contributed by atoms with Gasteiger partial charge in [0, 0.05) is 12.9 Å². The molecule has 0 N–H and O–H groups in total. The molecule has 0 saturated carbocycles. The van der Waals surface area contributed by atoms with E-state index in [-0.39, 0.29) is 6.10 Å². The molecular weight excluding hydrogens is 140 g/mol. The Morgan fingerprint density at radius 2 is 2.44 bits per heavy atom. The number of carbonyl (C=O) groups excluding carboxylic acids is 1. The van der Waals surface area contributed by atoms with Gasteiger partial charge in [0.2, 0.25) is 0 Å². The Hall–Kier alpha value is -0.220. The van der Waals surface area contributed by atoms with Gasteiger partial charge in [0.1, 0.15) is 6.10 Å². The number of hydrogen-bond donors (Lipinski definition) is 1. The van der Waals surface area contributed by atoms with Crippen molar-refractivity contribution in [2.24, 2.45) is 0 Å². The van der Waals surface area contributed by atoms with Crippen LogP contribution in [-0.2, 0) is 14.3 Å². The monoisotopic (exact) mass is 150 g/mol. The first-order valence-corrected chi connectivity index (χ1v) is 3.17. The van der Waals surface area contributed by atoms with E-state index in [1.54, 1.807) is 7.11 Å². The molecule has 0 fully saturated rings. The van der Waals surface area contributed by atoms with Gasteiger partial charge in [-0.05, 0) is 0 Å². The fourth-order valence-electron chi connectivity index (χ4n) is 0.399. The van der Waals surface area contributed by atoms with Crippen molar-refractivity contribution in [3.8, 4) is 0 Å². The summed E-state index contributed by atoms with van der Waals surface area (Å²) in [6.45, 7) is 0.808. The number of hydrogen-bond acceptors (Lipinski definition) is 4. The largest absolute Gasteiger partial charge is 0.461 e. The van der Waals surface area contributed by atoms with E-state index < -0.39 is 0 Å². The van der Waals surface area contributed by atoms with Crippen molar-refractivity contribution in [2.75, 3.05) is 19.5 Å². The first-order valence-electron chi connectivity index (χ1n) is 2.54. The predicted octanol–water partition coefficient (Wildman–Crippen LogP) is 0.104. The molecule has 0 spiro atoms. The van der Waals surface area contributed by atoms with Crippen LogP contribution < -0.4 is 0 Å². The Labute approximate surface area is 59.7 Å². The molecule has 3 nitrogen and oxygen atoms in total. The first-order chi connectivity index (χ1) is 4.35. The standard InChI is InChI=1S/C5H10O3S/c1-7-2-5(3-9)8-4-6/h4-5,9H,2-3H2,1H3. The van der Waals surface area contributed by atoms with Crippen LogP contribution in [0.15, 0.2) is 0 Å². The van der Waals surface area contributed by atoms with Crippen molar-refractivity contribution in [3.63, 3.8) is 0 Å². The molecule has 0 bridgehead atoms. The lowest BCUT2D eigenvalue weighted by molar-refractivity contribution is -0.134. The maximum Gasteiger partial charge on any atom is 0.293 e. The molecule has 0 aliphatic carbocycles. The third-order valence-electron chi connectivity index (χ3n) is 0.804. The van der Waals surface area contributed by atoms with E-state index in [1.165, 1.54) is 0 Å². The second-order valence-corrected chi connectivity index (χ2v) is 1.86. The summed E-state index contributed by atoms with van der Waals surface area (Å²) in [5.74, 6) is 0.493. The Kier molecular flexibility index (Phi) is 5.76. The molecule has 0 aromatic carbocycles. The van der Waals surface area contributed by atoms with E-state index in [0.717, 1.165) is 0 Å². The molecule has 0 aliphatic rings. The highest BCUT2D eigenvalue weighted by Crippen LogP contribution is 1.92. The Balaban J connectivity index is 3.28. The minimum atomic E-state index is -0.212. The Bertz CT molecular complexity index is 76.6. The van der Waals surface area contributed by atoms with Crippen LogP contribution >= 0.6 is 12.6 Å². The zero-order chi connectivity index (χ0) is 7.11. The minimum absolute atomic E-state index is 0.212. The molecule has 0 saturated heterocycles. The molecule has 0 amide bonds. The smallest absolute Gasteiger partial charge is 0.293 e. The summed E-state index contributed by atoms with van der Waals surface area (Å²) in [7, 11) is 1.55. The normalized spacial score (nSPS) is 12.7. The second-order valence-electron chi connectivity index (χ2n) is 1.49. The van der Waals surface area contributed by atoms with E-state index in [4.69, 9.17) is 4.74 Å². The summed E-state index contributed by atoms with van der Waals surface area (Å²) in [5.41, 5.74) is 0. The van der Waals surface area contributed by atoms with Crippen molar-refractivity contribution >= 4 is 19.1 Å². The maximum absolute atomic E-state index is 9.74. The van der Waals surface area contributed by atoms with Crippen LogP contribution in [0.3, 0.4) is 0 Å². The SMILES string of the molecule is COCC(CS)OC=O. The fraction of sp³-hybridized carbons (Fsp3) is 0.800. The third kappa shape index (κ3) is 4.29. The van der Waals surface area contributed by atoms with E-state index in [1.807, 2.05) is 0 Å². The van der Waals surface area contributed by atoms with Gasteiger partial charge in [-0.3, -0.25) is 4.79 Å². The first kappa shape index (κ1) is 8.78. The molecule has 4 heteroatoms. The quantitative estimate of drug-likeness (QED) is 0.446. The molecule has 0 aliphatic heterocycles. The molecule has 0 heterocycles. The minimum Gasteiger partial charge on any atom is -0.461 e. The number of rotatable bonds is 5. The van der Waals surface area contributed by atoms with Gasteiger partial charge < -0.3 is 9.47 Å². The number of ether oxygens (including phenoxy) is 2. The van der Waals surface area contributed by atoms with E-state index in [0.29, 0.717) is 18.8 Å². The highest BCUT2D eigenvalue weighted by Gasteiger charge is 2.03. The zero-order valence-electron chi connectivity index (χ0n) is 5.24. The molecule has 0 radical (unpaired) electrons. The lowest BCUT2D eigenvalue weighted by Crippen LogP contribution is -2.19. The van der Waals surface area contributed by atoms with Gasteiger partial charge >= 0.3 is 0 Å². The van der Waals surface area contributed by atoms with Gasteiger partial charge in [-0.15, -0.1) is 0 Å². The maximum atomic E-state index is 9.74. The van der Waals surface area contributed by atoms with E-state index in [2.05, 4.69) is 17.4 Å². The summed E-state index contributed by atoms with van der Waals surface area (Å²) in [5, 5.41) is 0. The topological polar surface area (TPSA) is 35.5 Å². The van der Waals surface area contributed by atoms with Crippen LogP contribution in [0.5, 0.6) is 0 Å². The summed E-state index contributed by atoms with van der Waals surface area (Å²) in [6, 6.07) is 0. The molecular formula is C5H10O3S. The van der Waals surface area contributed by atoms with Crippen LogP contribution in [0.4, 0.5) is 0 Å². The second kappa shape index (κ2) is 5.91. The van der Waals surface area contributed by atoms with Crippen LogP contribution in [0.2, 0.25) is 0 Å². The van der Waals surface area contributed by atoms with Crippen LogP contribution in [-0.4, -0.2) is 32.0 Å². The average Bonchev–Trinajstić information content (AvgIpc) is 1.88. The molecule has 54 valence electrons. The van der Waals surface area contributed by atoms with E-state index >= 15 is 0 Å². The number of carbonyl (C=O) groups is 1. The summed E-state index contributed by atoms with van der Waals surface area (Å²) in [6.07, 6.45) is -0.212. The van der Waals surface area contributed by atoms with Gasteiger partial charge in [-0.2, -0.15) is 12.6 Å². The van der Waals surface area contributed by atoms with Gasteiger partial charge in [0.05, 0.1) is 6.61 Å². The summed E-state index contributed by atoms with van der Waals surface area (Å²) in [4.78, 5) is 9.74. The predicted molar refractivity (Wildman–Crippen MR) is 36.7 cm³/mol. The van der Waals surface area contributed by atoms with Crippen molar-refractivity contribution in [3.05, 3.63) is 0 Å². The van der Waals surface area contributed by atoms with Gasteiger partial charge in [0.25, 0.3) is 6.47 Å². The highest BCUT2D eigenvalue weighted by molar-refractivity contribution is 7.80. The van der Waals surface area contributed by atoms with Crippen molar-refractivity contribution < 1.29 is 14.3 Å². The molecule has 1 unspecified atom stereocenters. The lowest BCUT2D eigenvalue weighted by Gasteiger charge is -2.09. The number of methoxy groups -OCH3 is 1. The highest BCUT2D eigenvalue weighted by atomic mass is 32.1. The summed E-state index contributed by atoms with van der Waals surface area (Å²) >= 11 is 3.92. The molecule has 0 aromatic rings. The van der Waals surface area contributed by atoms with Crippen molar-refractivity contribution in [2.45, 2.75) is 6.10 Å². The van der Waals surface area contributed by atoms with Crippen molar-refractivity contribution in [1.29, 1.82) is 0 Å². The molecule has 1 atom stereocenters. The molecule has 0 aromatic heterocycles. The lowest BCUT2D eigenvalue weighted by atomic mass is 10.4. The molecule has 9 heavy (non-hydrogen) atoms. The van der Waals surface area contributed by atoms with Crippen LogP contribution in [0.25, 0.3) is 0 Å².